The van der Waals surface area contributed by atoms with Crippen LogP contribution in [-0.4, -0.2) is 51.4 Å². The third-order valence-corrected chi connectivity index (χ3v) is 5.84. The Labute approximate surface area is 154 Å². The molecule has 2 aliphatic heterocycles. The lowest BCUT2D eigenvalue weighted by Crippen LogP contribution is -2.55. The zero-order valence-electron chi connectivity index (χ0n) is 15.9. The van der Waals surface area contributed by atoms with Crippen molar-refractivity contribution in [1.29, 1.82) is 0 Å². The number of aryl methyl sites for hydroxylation is 1. The second kappa shape index (κ2) is 6.49. The van der Waals surface area contributed by atoms with Gasteiger partial charge in [-0.15, -0.1) is 0 Å². The molecule has 0 unspecified atom stereocenters. The van der Waals surface area contributed by atoms with Crippen molar-refractivity contribution in [2.45, 2.75) is 52.5 Å². The average molecular weight is 353 g/mol. The first-order chi connectivity index (χ1) is 12.5. The molecule has 1 amide bonds. The minimum absolute atomic E-state index is 0.170. The molecule has 26 heavy (non-hydrogen) atoms. The Morgan fingerprint density at radius 2 is 2.04 bits per heavy atom. The fraction of sp³-hybridized carbons (Fsp3) is 0.600. The van der Waals surface area contributed by atoms with Gasteiger partial charge < -0.3 is 9.80 Å². The maximum Gasteiger partial charge on any atom is 0.222 e. The fourth-order valence-electron chi connectivity index (χ4n) is 4.53. The Balaban J connectivity index is 1.67. The van der Waals surface area contributed by atoms with Crippen LogP contribution in [0.1, 0.15) is 45.4 Å². The minimum atomic E-state index is 0.170. The van der Waals surface area contributed by atoms with Crippen LogP contribution < -0.4 is 4.90 Å². The van der Waals surface area contributed by atoms with Crippen LogP contribution in [0.25, 0.3) is 11.0 Å². The molecule has 0 aliphatic carbocycles. The van der Waals surface area contributed by atoms with Gasteiger partial charge in [0.2, 0.25) is 5.91 Å². The monoisotopic (exact) mass is 353 g/mol. The van der Waals surface area contributed by atoms with Crippen molar-refractivity contribution in [3.05, 3.63) is 24.2 Å². The first kappa shape index (κ1) is 17.2. The Kier molecular flexibility index (Phi) is 4.29. The molecule has 2 saturated heterocycles. The molecule has 138 valence electrons. The van der Waals surface area contributed by atoms with Gasteiger partial charge in [-0.05, 0) is 52.2 Å². The predicted molar refractivity (Wildman–Crippen MR) is 102 cm³/mol. The van der Waals surface area contributed by atoms with Gasteiger partial charge in [0.25, 0.3) is 0 Å². The molecule has 4 heterocycles. The van der Waals surface area contributed by atoms with Crippen LogP contribution in [0, 0.1) is 12.3 Å². The second-order valence-corrected chi connectivity index (χ2v) is 8.11. The Bertz CT molecular complexity index is 836. The molecule has 2 aliphatic rings. The van der Waals surface area contributed by atoms with E-state index < -0.39 is 0 Å². The van der Waals surface area contributed by atoms with Crippen LogP contribution in [-0.2, 0) is 4.79 Å². The Hall–Kier alpha value is -2.24. The quantitative estimate of drug-likeness (QED) is 0.831. The number of amides is 1. The summed E-state index contributed by atoms with van der Waals surface area (Å²) >= 11 is 0. The first-order valence-corrected chi connectivity index (χ1v) is 9.61. The molecule has 0 radical (unpaired) electrons. The van der Waals surface area contributed by atoms with Gasteiger partial charge in [-0.1, -0.05) is 0 Å². The summed E-state index contributed by atoms with van der Waals surface area (Å²) in [4.78, 5) is 30.4. The molecule has 6 heteroatoms. The zero-order valence-corrected chi connectivity index (χ0v) is 15.9. The molecule has 0 saturated carbocycles. The van der Waals surface area contributed by atoms with E-state index in [0.29, 0.717) is 12.3 Å². The highest BCUT2D eigenvalue weighted by molar-refractivity contribution is 5.87. The van der Waals surface area contributed by atoms with E-state index in [4.69, 9.17) is 4.98 Å². The van der Waals surface area contributed by atoms with Gasteiger partial charge in [0.05, 0.1) is 5.39 Å². The van der Waals surface area contributed by atoms with Crippen molar-refractivity contribution < 1.29 is 4.79 Å². The summed E-state index contributed by atoms with van der Waals surface area (Å²) in [5.41, 5.74) is 0.932. The molecular formula is C20H27N5O. The van der Waals surface area contributed by atoms with Crippen molar-refractivity contribution in [2.24, 2.45) is 5.41 Å². The lowest BCUT2D eigenvalue weighted by molar-refractivity contribution is -0.140. The van der Waals surface area contributed by atoms with Gasteiger partial charge in [0, 0.05) is 43.7 Å². The van der Waals surface area contributed by atoms with Crippen LogP contribution in [0.15, 0.2) is 18.3 Å². The molecular weight excluding hydrogens is 326 g/mol. The molecule has 4 rings (SSSR count). The number of hydrogen-bond donors (Lipinski definition) is 0. The number of carbonyl (C=O) groups is 1. The maximum atomic E-state index is 12.3. The summed E-state index contributed by atoms with van der Waals surface area (Å²) in [6.07, 6.45) is 5.73. The Morgan fingerprint density at radius 1 is 1.19 bits per heavy atom. The van der Waals surface area contributed by atoms with E-state index in [2.05, 4.69) is 39.7 Å². The average Bonchev–Trinajstić information content (AvgIpc) is 2.63. The molecule has 2 fully saturated rings. The van der Waals surface area contributed by atoms with Crippen molar-refractivity contribution in [3.8, 4) is 0 Å². The largest absolute Gasteiger partial charge is 0.355 e. The summed E-state index contributed by atoms with van der Waals surface area (Å²) in [6.45, 7) is 8.97. The van der Waals surface area contributed by atoms with E-state index in [1.165, 1.54) is 6.42 Å². The number of pyridine rings is 1. The van der Waals surface area contributed by atoms with E-state index in [9.17, 15) is 4.79 Å². The first-order valence-electron chi connectivity index (χ1n) is 9.61. The summed E-state index contributed by atoms with van der Waals surface area (Å²) in [5.74, 6) is 2.05. The van der Waals surface area contributed by atoms with Gasteiger partial charge in [0.1, 0.15) is 11.6 Å². The highest BCUT2D eigenvalue weighted by Crippen LogP contribution is 2.41. The third-order valence-electron chi connectivity index (χ3n) is 5.84. The van der Waals surface area contributed by atoms with Gasteiger partial charge in [0.15, 0.2) is 5.65 Å². The van der Waals surface area contributed by atoms with Crippen molar-refractivity contribution in [2.75, 3.05) is 24.5 Å². The SMILES string of the molecule is Cc1nc(N2CCC[C@@]3(CCC(=O)N(C(C)C)C3)C2)c2cccnc2n1. The normalized spacial score (nSPS) is 24.1. The van der Waals surface area contributed by atoms with Gasteiger partial charge >= 0.3 is 0 Å². The van der Waals surface area contributed by atoms with Gasteiger partial charge in [-0.25, -0.2) is 15.0 Å². The molecule has 1 spiro atoms. The molecule has 2 aromatic heterocycles. The molecule has 0 aromatic carbocycles. The topological polar surface area (TPSA) is 62.2 Å². The molecule has 1 atom stereocenters. The second-order valence-electron chi connectivity index (χ2n) is 8.11. The van der Waals surface area contributed by atoms with Gasteiger partial charge in [-0.3, -0.25) is 4.79 Å². The van der Waals surface area contributed by atoms with Crippen LogP contribution in [0.3, 0.4) is 0 Å². The summed E-state index contributed by atoms with van der Waals surface area (Å²) in [7, 11) is 0. The molecule has 0 bridgehead atoms. The minimum Gasteiger partial charge on any atom is -0.355 e. The fourth-order valence-corrected chi connectivity index (χ4v) is 4.53. The van der Waals surface area contributed by atoms with Crippen molar-refractivity contribution in [1.82, 2.24) is 19.9 Å². The maximum absolute atomic E-state index is 12.3. The van der Waals surface area contributed by atoms with Crippen LogP contribution in [0.5, 0.6) is 0 Å². The summed E-state index contributed by atoms with van der Waals surface area (Å²) < 4.78 is 0. The number of rotatable bonds is 2. The zero-order chi connectivity index (χ0) is 18.3. The van der Waals surface area contributed by atoms with Crippen LogP contribution >= 0.6 is 0 Å². The number of fused-ring (bicyclic) bond motifs is 1. The molecule has 6 nitrogen and oxygen atoms in total. The van der Waals surface area contributed by atoms with E-state index in [-0.39, 0.29) is 11.5 Å². The highest BCUT2D eigenvalue weighted by Gasteiger charge is 2.42. The molecule has 0 N–H and O–H groups in total. The number of aromatic nitrogens is 3. The van der Waals surface area contributed by atoms with Crippen molar-refractivity contribution in [3.63, 3.8) is 0 Å². The lowest BCUT2D eigenvalue weighted by Gasteiger charge is -2.49. The number of piperidine rings is 2. The van der Waals surface area contributed by atoms with E-state index in [0.717, 1.165) is 55.2 Å². The third kappa shape index (κ3) is 3.02. The van der Waals surface area contributed by atoms with E-state index >= 15 is 0 Å². The standard InChI is InChI=1S/C20H27N5O/c1-14(2)25-13-20(9-7-17(25)26)8-5-11-24(12-20)19-16-6-4-10-21-18(16)22-15(3)23-19/h4,6,10,14H,5,7-9,11-13H2,1-3H3/t20-/m1/s1. The van der Waals surface area contributed by atoms with E-state index in [1.807, 2.05) is 13.0 Å². The molecule has 2 aromatic rings. The summed E-state index contributed by atoms with van der Waals surface area (Å²) in [6, 6.07) is 4.27. The number of hydrogen-bond acceptors (Lipinski definition) is 5. The van der Waals surface area contributed by atoms with Crippen molar-refractivity contribution >= 4 is 22.8 Å². The highest BCUT2D eigenvalue weighted by atomic mass is 16.2. The summed E-state index contributed by atoms with van der Waals surface area (Å²) in [5, 5.41) is 1.02. The van der Waals surface area contributed by atoms with Gasteiger partial charge in [-0.2, -0.15) is 0 Å². The number of carbonyl (C=O) groups excluding carboxylic acids is 1. The van der Waals surface area contributed by atoms with Crippen LogP contribution in [0.2, 0.25) is 0 Å². The lowest BCUT2D eigenvalue weighted by atomic mass is 9.73. The number of anilines is 1. The number of nitrogens with zero attached hydrogens (tertiary/aromatic N) is 5. The smallest absolute Gasteiger partial charge is 0.222 e. The van der Waals surface area contributed by atoms with Crippen LogP contribution in [0.4, 0.5) is 5.82 Å². The predicted octanol–water partition coefficient (Wildman–Crippen LogP) is 2.95. The number of likely N-dealkylation sites (tertiary alicyclic amines) is 1. The van der Waals surface area contributed by atoms with E-state index in [1.54, 1.807) is 6.20 Å². The Morgan fingerprint density at radius 3 is 2.85 bits per heavy atom.